The van der Waals surface area contributed by atoms with Crippen molar-refractivity contribution >= 4 is 46.3 Å². The number of halogens is 2. The molecule has 0 aliphatic carbocycles. The second-order valence-electron chi connectivity index (χ2n) is 3.79. The smallest absolute Gasteiger partial charge is 0.257 e. The van der Waals surface area contributed by atoms with Gasteiger partial charge in [0.15, 0.2) is 0 Å². The molecule has 1 amide bonds. The van der Waals surface area contributed by atoms with Gasteiger partial charge < -0.3 is 10.6 Å². The highest BCUT2D eigenvalue weighted by atomic mass is 35.5. The fraction of sp³-hybridized carbons (Fsp3) is 0.333. The summed E-state index contributed by atoms with van der Waals surface area (Å²) in [5.74, 6) is -0.250. The number of carbonyl (C=O) groups excluding carboxylic acids is 1. The van der Waals surface area contributed by atoms with Crippen LogP contribution in [0.2, 0.25) is 10.0 Å². The molecule has 0 fully saturated rings. The van der Waals surface area contributed by atoms with E-state index in [-0.39, 0.29) is 17.4 Å². The number of amides is 1. The fourth-order valence-corrected chi connectivity index (χ4v) is 2.29. The Hall–Kier alpha value is -0.840. The van der Waals surface area contributed by atoms with Gasteiger partial charge in [0.1, 0.15) is 0 Å². The molecule has 0 aromatic heterocycles. The van der Waals surface area contributed by atoms with Crippen molar-refractivity contribution in [2.24, 2.45) is 5.73 Å². The second kappa shape index (κ2) is 6.92. The Kier molecular flexibility index (Phi) is 5.85. The van der Waals surface area contributed by atoms with Crippen molar-refractivity contribution in [1.29, 1.82) is 0 Å². The number of hydrogen-bond donors (Lipinski definition) is 1. The van der Waals surface area contributed by atoms with Crippen LogP contribution in [0.3, 0.4) is 0 Å². The monoisotopic (exact) mass is 304 g/mol. The summed E-state index contributed by atoms with van der Waals surface area (Å²) in [4.78, 5) is 14.2. The Labute approximate surface area is 122 Å². The van der Waals surface area contributed by atoms with Gasteiger partial charge in [-0.3, -0.25) is 4.79 Å². The molecule has 0 radical (unpaired) electrons. The van der Waals surface area contributed by atoms with E-state index in [1.807, 2.05) is 6.92 Å². The van der Waals surface area contributed by atoms with E-state index < -0.39 is 0 Å². The number of carbonyl (C=O) groups is 1. The summed E-state index contributed by atoms with van der Waals surface area (Å²) in [6.07, 6.45) is 0.802. The highest BCUT2D eigenvalue weighted by Gasteiger charge is 2.21. The molecule has 0 bridgehead atoms. The third kappa shape index (κ3) is 3.83. The molecule has 0 unspecified atom stereocenters. The molecule has 1 aromatic carbocycles. The zero-order valence-electron chi connectivity index (χ0n) is 9.95. The van der Waals surface area contributed by atoms with Crippen LogP contribution < -0.4 is 5.73 Å². The number of hydrogen-bond acceptors (Lipinski definition) is 2. The first-order valence-electron chi connectivity index (χ1n) is 5.49. The lowest BCUT2D eigenvalue weighted by Crippen LogP contribution is -2.38. The molecular weight excluding hydrogens is 291 g/mol. The Bertz CT molecular complexity index is 445. The molecule has 0 aliphatic heterocycles. The van der Waals surface area contributed by atoms with Crippen molar-refractivity contribution in [3.8, 4) is 0 Å². The van der Waals surface area contributed by atoms with E-state index in [1.54, 1.807) is 23.1 Å². The van der Waals surface area contributed by atoms with Gasteiger partial charge in [-0.25, -0.2) is 0 Å². The molecule has 6 heteroatoms. The standard InChI is InChI=1S/C12H14Cl2N2OS/c1-2-6-16(7-10(15)18)12(17)11-8(13)4-3-5-9(11)14/h3-5H,2,6-7H2,1H3,(H2,15,18). The van der Waals surface area contributed by atoms with Crippen LogP contribution in [-0.4, -0.2) is 28.9 Å². The number of thiocarbonyl (C=S) groups is 1. The molecule has 1 rings (SSSR count). The predicted octanol–water partition coefficient (Wildman–Crippen LogP) is 3.13. The van der Waals surface area contributed by atoms with Crippen molar-refractivity contribution < 1.29 is 4.79 Å². The van der Waals surface area contributed by atoms with Crippen LogP contribution in [0.15, 0.2) is 18.2 Å². The molecule has 0 aliphatic rings. The molecule has 1 aromatic rings. The van der Waals surface area contributed by atoms with E-state index in [4.69, 9.17) is 41.2 Å². The summed E-state index contributed by atoms with van der Waals surface area (Å²) in [5.41, 5.74) is 5.78. The van der Waals surface area contributed by atoms with Crippen LogP contribution in [-0.2, 0) is 0 Å². The fourth-order valence-electron chi connectivity index (χ4n) is 1.57. The second-order valence-corrected chi connectivity index (χ2v) is 5.13. The van der Waals surface area contributed by atoms with E-state index in [0.29, 0.717) is 22.2 Å². The summed E-state index contributed by atoms with van der Waals surface area (Å²) < 4.78 is 0. The summed E-state index contributed by atoms with van der Waals surface area (Å²) in [6, 6.07) is 4.95. The van der Waals surface area contributed by atoms with Gasteiger partial charge in [-0.05, 0) is 18.6 Å². The van der Waals surface area contributed by atoms with Gasteiger partial charge in [0.05, 0.1) is 27.1 Å². The molecule has 2 N–H and O–H groups in total. The highest BCUT2D eigenvalue weighted by Crippen LogP contribution is 2.25. The van der Waals surface area contributed by atoms with Crippen molar-refractivity contribution in [2.45, 2.75) is 13.3 Å². The molecule has 0 saturated carbocycles. The largest absolute Gasteiger partial charge is 0.392 e. The van der Waals surface area contributed by atoms with Gasteiger partial charge >= 0.3 is 0 Å². The van der Waals surface area contributed by atoms with E-state index >= 15 is 0 Å². The van der Waals surface area contributed by atoms with Gasteiger partial charge in [-0.1, -0.05) is 48.4 Å². The van der Waals surface area contributed by atoms with Gasteiger partial charge in [0.2, 0.25) is 0 Å². The maximum Gasteiger partial charge on any atom is 0.257 e. The normalized spacial score (nSPS) is 10.2. The minimum Gasteiger partial charge on any atom is -0.392 e. The topological polar surface area (TPSA) is 46.3 Å². The lowest BCUT2D eigenvalue weighted by atomic mass is 10.2. The maximum atomic E-state index is 12.4. The lowest BCUT2D eigenvalue weighted by Gasteiger charge is -2.22. The SMILES string of the molecule is CCCN(CC(N)=S)C(=O)c1c(Cl)cccc1Cl. The highest BCUT2D eigenvalue weighted by molar-refractivity contribution is 7.80. The predicted molar refractivity (Wildman–Crippen MR) is 79.4 cm³/mol. The van der Waals surface area contributed by atoms with Gasteiger partial charge in [0.25, 0.3) is 5.91 Å². The van der Waals surface area contributed by atoms with E-state index in [1.165, 1.54) is 0 Å². The average molecular weight is 305 g/mol. The molecule has 0 heterocycles. The zero-order chi connectivity index (χ0) is 13.7. The Balaban J connectivity index is 3.05. The van der Waals surface area contributed by atoms with Crippen LogP contribution in [0.4, 0.5) is 0 Å². The zero-order valence-corrected chi connectivity index (χ0v) is 12.3. The first kappa shape index (κ1) is 15.2. The Morgan fingerprint density at radius 3 is 2.39 bits per heavy atom. The van der Waals surface area contributed by atoms with Crippen LogP contribution >= 0.6 is 35.4 Å². The minimum absolute atomic E-state index is 0.226. The van der Waals surface area contributed by atoms with Crippen LogP contribution in [0.1, 0.15) is 23.7 Å². The lowest BCUT2D eigenvalue weighted by molar-refractivity contribution is 0.0780. The van der Waals surface area contributed by atoms with Crippen LogP contribution in [0, 0.1) is 0 Å². The Morgan fingerprint density at radius 2 is 1.94 bits per heavy atom. The van der Waals surface area contributed by atoms with Crippen molar-refractivity contribution in [2.75, 3.05) is 13.1 Å². The molecular formula is C12H14Cl2N2OS. The quantitative estimate of drug-likeness (QED) is 0.850. The van der Waals surface area contributed by atoms with E-state index in [0.717, 1.165) is 6.42 Å². The van der Waals surface area contributed by atoms with Gasteiger partial charge in [-0.2, -0.15) is 0 Å². The molecule has 3 nitrogen and oxygen atoms in total. The first-order valence-corrected chi connectivity index (χ1v) is 6.65. The van der Waals surface area contributed by atoms with Crippen LogP contribution in [0.25, 0.3) is 0 Å². The third-order valence-electron chi connectivity index (χ3n) is 2.30. The molecule has 18 heavy (non-hydrogen) atoms. The number of nitrogens with zero attached hydrogens (tertiary/aromatic N) is 1. The Morgan fingerprint density at radius 1 is 1.39 bits per heavy atom. The summed E-state index contributed by atoms with van der Waals surface area (Å²) in [6.45, 7) is 2.75. The minimum atomic E-state index is -0.250. The average Bonchev–Trinajstić information content (AvgIpc) is 2.27. The maximum absolute atomic E-state index is 12.4. The molecule has 0 atom stereocenters. The molecule has 0 spiro atoms. The summed E-state index contributed by atoms with van der Waals surface area (Å²) in [7, 11) is 0. The van der Waals surface area contributed by atoms with Crippen LogP contribution in [0.5, 0.6) is 0 Å². The summed E-state index contributed by atoms with van der Waals surface area (Å²) in [5, 5.41) is 0.660. The summed E-state index contributed by atoms with van der Waals surface area (Å²) >= 11 is 16.9. The third-order valence-corrected chi connectivity index (χ3v) is 3.06. The van der Waals surface area contributed by atoms with Crippen molar-refractivity contribution in [3.63, 3.8) is 0 Å². The first-order chi connectivity index (χ1) is 8.47. The molecule has 98 valence electrons. The molecule has 0 saturated heterocycles. The van der Waals surface area contributed by atoms with E-state index in [2.05, 4.69) is 0 Å². The number of benzene rings is 1. The van der Waals surface area contributed by atoms with Gasteiger partial charge in [-0.15, -0.1) is 0 Å². The van der Waals surface area contributed by atoms with Crippen molar-refractivity contribution in [3.05, 3.63) is 33.8 Å². The number of rotatable bonds is 5. The number of nitrogens with two attached hydrogens (primary N) is 1. The van der Waals surface area contributed by atoms with Gasteiger partial charge in [0, 0.05) is 6.54 Å². The van der Waals surface area contributed by atoms with E-state index in [9.17, 15) is 4.79 Å². The van der Waals surface area contributed by atoms with Crippen molar-refractivity contribution in [1.82, 2.24) is 4.90 Å².